The minimum Gasteiger partial charge on any atom is -0.343 e. The fourth-order valence-corrected chi connectivity index (χ4v) is 3.65. The zero-order valence-corrected chi connectivity index (χ0v) is 11.1. The Morgan fingerprint density at radius 1 is 1.47 bits per heavy atom. The quantitative estimate of drug-likeness (QED) is 0.820. The van der Waals surface area contributed by atoms with Crippen molar-refractivity contribution in [1.29, 1.82) is 0 Å². The Morgan fingerprint density at radius 2 is 2.29 bits per heavy atom. The first-order chi connectivity index (χ1) is 8.22. The molecule has 2 unspecified atom stereocenters. The van der Waals surface area contributed by atoms with Crippen LogP contribution in [-0.2, 0) is 9.59 Å². The second-order valence-corrected chi connectivity index (χ2v) is 5.90. The van der Waals surface area contributed by atoms with Crippen molar-refractivity contribution >= 4 is 23.6 Å². The molecule has 2 rings (SSSR count). The van der Waals surface area contributed by atoms with Gasteiger partial charge in [-0.3, -0.25) is 9.59 Å². The van der Waals surface area contributed by atoms with E-state index in [-0.39, 0.29) is 30.4 Å². The van der Waals surface area contributed by atoms with Gasteiger partial charge in [0, 0.05) is 11.8 Å². The number of amides is 2. The molecule has 2 saturated heterocycles. The van der Waals surface area contributed by atoms with Crippen LogP contribution in [0.2, 0.25) is 0 Å². The number of thioether (sulfide) groups is 1. The Kier molecular flexibility index (Phi) is 4.31. The fourth-order valence-electron chi connectivity index (χ4n) is 2.50. The van der Waals surface area contributed by atoms with Gasteiger partial charge in [-0.25, -0.2) is 0 Å². The highest BCUT2D eigenvalue weighted by atomic mass is 32.2. The number of carbonyl (C=O) groups is 2. The molecule has 0 aromatic heterocycles. The highest BCUT2D eigenvalue weighted by molar-refractivity contribution is 7.99. The summed E-state index contributed by atoms with van der Waals surface area (Å²) >= 11 is 1.89. The van der Waals surface area contributed by atoms with Gasteiger partial charge in [-0.2, -0.15) is 11.8 Å². The van der Waals surface area contributed by atoms with Gasteiger partial charge in [0.15, 0.2) is 0 Å². The van der Waals surface area contributed by atoms with Crippen LogP contribution in [-0.4, -0.2) is 46.8 Å². The maximum Gasteiger partial charge on any atom is 0.245 e. The summed E-state index contributed by atoms with van der Waals surface area (Å²) in [4.78, 5) is 25.7. The van der Waals surface area contributed by atoms with Gasteiger partial charge in [-0.1, -0.05) is 13.3 Å². The van der Waals surface area contributed by atoms with E-state index >= 15 is 0 Å². The van der Waals surface area contributed by atoms with Crippen LogP contribution >= 0.6 is 11.8 Å². The van der Waals surface area contributed by atoms with E-state index in [1.165, 1.54) is 5.75 Å². The second-order valence-electron chi connectivity index (χ2n) is 4.75. The van der Waals surface area contributed by atoms with Gasteiger partial charge in [0.25, 0.3) is 0 Å². The van der Waals surface area contributed by atoms with Crippen molar-refractivity contribution in [1.82, 2.24) is 10.2 Å². The highest BCUT2D eigenvalue weighted by Crippen LogP contribution is 2.23. The van der Waals surface area contributed by atoms with E-state index in [1.807, 2.05) is 23.6 Å². The van der Waals surface area contributed by atoms with Crippen molar-refractivity contribution in [2.45, 2.75) is 44.7 Å². The molecule has 2 fully saturated rings. The van der Waals surface area contributed by atoms with Crippen LogP contribution in [0.5, 0.6) is 0 Å². The van der Waals surface area contributed by atoms with Gasteiger partial charge in [-0.05, 0) is 25.0 Å². The molecular formula is C12H20N2O2S. The summed E-state index contributed by atoms with van der Waals surface area (Å²) in [6.45, 7) is 2.29. The third-order valence-corrected chi connectivity index (χ3v) is 4.58. The van der Waals surface area contributed by atoms with Crippen LogP contribution in [0.1, 0.15) is 32.6 Å². The van der Waals surface area contributed by atoms with E-state index in [2.05, 4.69) is 5.32 Å². The van der Waals surface area contributed by atoms with E-state index in [9.17, 15) is 9.59 Å². The van der Waals surface area contributed by atoms with Crippen molar-refractivity contribution in [3.63, 3.8) is 0 Å². The molecule has 2 atom stereocenters. The number of nitrogens with one attached hydrogen (secondary N) is 1. The smallest absolute Gasteiger partial charge is 0.245 e. The largest absolute Gasteiger partial charge is 0.343 e. The van der Waals surface area contributed by atoms with E-state index in [4.69, 9.17) is 0 Å². The molecule has 96 valence electrons. The number of hydrogen-bond acceptors (Lipinski definition) is 3. The lowest BCUT2D eigenvalue weighted by atomic mass is 10.0. The molecule has 5 heteroatoms. The summed E-state index contributed by atoms with van der Waals surface area (Å²) < 4.78 is 0. The van der Waals surface area contributed by atoms with Gasteiger partial charge < -0.3 is 10.2 Å². The predicted octanol–water partition coefficient (Wildman–Crippen LogP) is 1.01. The van der Waals surface area contributed by atoms with Gasteiger partial charge in [0.05, 0.1) is 6.54 Å². The summed E-state index contributed by atoms with van der Waals surface area (Å²) in [6, 6.07) is -0.0140. The van der Waals surface area contributed by atoms with Crippen molar-refractivity contribution in [3.8, 4) is 0 Å². The zero-order valence-electron chi connectivity index (χ0n) is 10.3. The molecule has 0 aromatic carbocycles. The summed E-state index contributed by atoms with van der Waals surface area (Å²) in [5.74, 6) is 2.29. The van der Waals surface area contributed by atoms with Crippen molar-refractivity contribution < 1.29 is 9.59 Å². The Bertz CT molecular complexity index is 303. The molecule has 2 aliphatic heterocycles. The zero-order chi connectivity index (χ0) is 12.3. The van der Waals surface area contributed by atoms with E-state index in [0.29, 0.717) is 0 Å². The van der Waals surface area contributed by atoms with Gasteiger partial charge in [0.1, 0.15) is 6.04 Å². The molecule has 0 spiro atoms. The molecule has 2 amide bonds. The number of hydrogen-bond donors (Lipinski definition) is 1. The van der Waals surface area contributed by atoms with Crippen LogP contribution in [0.15, 0.2) is 0 Å². The standard InChI is InChI=1S/C12H20N2O2S/c1-2-4-10-12(16)14(7-11(15)13-10)9-5-3-6-17-8-9/h9-10H,2-8H2,1H3,(H,13,15). The first-order valence-electron chi connectivity index (χ1n) is 6.40. The molecular weight excluding hydrogens is 236 g/mol. The molecule has 2 aliphatic rings. The Labute approximate surface area is 106 Å². The first-order valence-corrected chi connectivity index (χ1v) is 7.55. The van der Waals surface area contributed by atoms with E-state index in [0.717, 1.165) is 31.4 Å². The molecule has 1 N–H and O–H groups in total. The average Bonchev–Trinajstić information content (AvgIpc) is 2.35. The molecule has 17 heavy (non-hydrogen) atoms. The van der Waals surface area contributed by atoms with Crippen molar-refractivity contribution in [2.24, 2.45) is 0 Å². The van der Waals surface area contributed by atoms with E-state index in [1.54, 1.807) is 0 Å². The van der Waals surface area contributed by atoms with Gasteiger partial charge in [-0.15, -0.1) is 0 Å². The molecule has 2 heterocycles. The summed E-state index contributed by atoms with van der Waals surface area (Å²) in [7, 11) is 0. The molecule has 0 aromatic rings. The second kappa shape index (κ2) is 5.76. The van der Waals surface area contributed by atoms with Crippen LogP contribution < -0.4 is 5.32 Å². The number of rotatable bonds is 3. The third-order valence-electron chi connectivity index (χ3n) is 3.38. The molecule has 4 nitrogen and oxygen atoms in total. The Balaban J connectivity index is 2.03. The van der Waals surface area contributed by atoms with Crippen molar-refractivity contribution in [2.75, 3.05) is 18.1 Å². The third kappa shape index (κ3) is 2.94. The predicted molar refractivity (Wildman–Crippen MR) is 68.9 cm³/mol. The topological polar surface area (TPSA) is 49.4 Å². The maximum absolute atomic E-state index is 12.3. The van der Waals surface area contributed by atoms with Crippen LogP contribution in [0.25, 0.3) is 0 Å². The van der Waals surface area contributed by atoms with Crippen molar-refractivity contribution in [3.05, 3.63) is 0 Å². The molecule has 0 bridgehead atoms. The lowest BCUT2D eigenvalue weighted by Gasteiger charge is -2.39. The van der Waals surface area contributed by atoms with Gasteiger partial charge in [0.2, 0.25) is 11.8 Å². The van der Waals surface area contributed by atoms with Crippen LogP contribution in [0, 0.1) is 0 Å². The maximum atomic E-state index is 12.3. The van der Waals surface area contributed by atoms with Gasteiger partial charge >= 0.3 is 0 Å². The number of carbonyl (C=O) groups excluding carboxylic acids is 2. The normalized spacial score (nSPS) is 30.3. The SMILES string of the molecule is CCCC1NC(=O)CN(C2CCCSC2)C1=O. The Morgan fingerprint density at radius 3 is 2.94 bits per heavy atom. The van der Waals surface area contributed by atoms with E-state index < -0.39 is 0 Å². The molecule has 0 saturated carbocycles. The minimum atomic E-state index is -0.284. The average molecular weight is 256 g/mol. The summed E-state index contributed by atoms with van der Waals surface area (Å²) in [5, 5.41) is 2.80. The highest BCUT2D eigenvalue weighted by Gasteiger charge is 2.36. The molecule has 0 radical (unpaired) electrons. The monoisotopic (exact) mass is 256 g/mol. The van der Waals surface area contributed by atoms with Crippen LogP contribution in [0.3, 0.4) is 0 Å². The Hall–Kier alpha value is -0.710. The lowest BCUT2D eigenvalue weighted by Crippen LogP contribution is -2.61. The number of piperazine rings is 1. The summed E-state index contributed by atoms with van der Waals surface area (Å²) in [5.41, 5.74) is 0. The van der Waals surface area contributed by atoms with Crippen LogP contribution in [0.4, 0.5) is 0 Å². The lowest BCUT2D eigenvalue weighted by molar-refractivity contribution is -0.146. The number of nitrogens with zero attached hydrogens (tertiary/aromatic N) is 1. The minimum absolute atomic E-state index is 0.00127. The fraction of sp³-hybridized carbons (Fsp3) is 0.833. The summed E-state index contributed by atoms with van der Waals surface area (Å²) in [6.07, 6.45) is 3.87. The molecule has 0 aliphatic carbocycles. The first kappa shape index (κ1) is 12.7.